The second kappa shape index (κ2) is 7.94. The van der Waals surface area contributed by atoms with Crippen LogP contribution < -0.4 is 0 Å². The summed E-state index contributed by atoms with van der Waals surface area (Å²) < 4.78 is 5.30. The van der Waals surface area contributed by atoms with E-state index in [-0.39, 0.29) is 29.3 Å². The van der Waals surface area contributed by atoms with Crippen LogP contribution in [-0.2, 0) is 19.1 Å². The predicted octanol–water partition coefficient (Wildman–Crippen LogP) is 4.87. The molecule has 5 nitrogen and oxygen atoms in total. The van der Waals surface area contributed by atoms with E-state index < -0.39 is 5.97 Å². The molecular formula is C25H38O5. The third-order valence-corrected chi connectivity index (χ3v) is 10.1. The maximum absolute atomic E-state index is 13.7. The molecule has 0 aromatic rings. The molecule has 0 aromatic heterocycles. The highest BCUT2D eigenvalue weighted by Crippen LogP contribution is 2.67. The molecule has 9 atom stereocenters. The minimum Gasteiger partial charge on any atom is -0.481 e. The number of carboxylic acid groups (broad SMARTS) is 1. The van der Waals surface area contributed by atoms with Crippen molar-refractivity contribution in [3.63, 3.8) is 0 Å². The monoisotopic (exact) mass is 418 g/mol. The van der Waals surface area contributed by atoms with Gasteiger partial charge in [-0.25, -0.2) is 0 Å². The van der Waals surface area contributed by atoms with Crippen molar-refractivity contribution in [1.82, 2.24) is 0 Å². The van der Waals surface area contributed by atoms with Crippen LogP contribution in [-0.4, -0.2) is 29.4 Å². The Morgan fingerprint density at radius 3 is 2.67 bits per heavy atom. The van der Waals surface area contributed by atoms with Crippen LogP contribution in [0.4, 0.5) is 0 Å². The summed E-state index contributed by atoms with van der Waals surface area (Å²) >= 11 is 0. The van der Waals surface area contributed by atoms with Gasteiger partial charge in [0.1, 0.15) is 11.9 Å². The first kappa shape index (κ1) is 21.8. The highest BCUT2D eigenvalue weighted by Gasteiger charge is 2.63. The van der Waals surface area contributed by atoms with Crippen LogP contribution >= 0.6 is 0 Å². The van der Waals surface area contributed by atoms with Crippen molar-refractivity contribution in [1.29, 1.82) is 0 Å². The predicted molar refractivity (Wildman–Crippen MR) is 113 cm³/mol. The van der Waals surface area contributed by atoms with Gasteiger partial charge in [-0.15, -0.1) is 0 Å². The van der Waals surface area contributed by atoms with Gasteiger partial charge in [0.2, 0.25) is 0 Å². The minimum atomic E-state index is -0.721. The van der Waals surface area contributed by atoms with Gasteiger partial charge in [-0.05, 0) is 91.8 Å². The summed E-state index contributed by atoms with van der Waals surface area (Å²) in [4.78, 5) is 35.6. The van der Waals surface area contributed by atoms with Crippen molar-refractivity contribution >= 4 is 18.2 Å². The molecule has 5 heteroatoms. The van der Waals surface area contributed by atoms with Gasteiger partial charge in [0.25, 0.3) is 6.47 Å². The molecule has 0 saturated heterocycles. The van der Waals surface area contributed by atoms with Crippen LogP contribution in [0.1, 0.15) is 85.0 Å². The average molecular weight is 419 g/mol. The topological polar surface area (TPSA) is 80.7 Å². The van der Waals surface area contributed by atoms with Gasteiger partial charge >= 0.3 is 5.97 Å². The lowest BCUT2D eigenvalue weighted by Gasteiger charge is -2.60. The summed E-state index contributed by atoms with van der Waals surface area (Å²) in [5, 5.41) is 9.11. The summed E-state index contributed by atoms with van der Waals surface area (Å²) in [6, 6.07) is 0. The molecule has 1 N–H and O–H groups in total. The summed E-state index contributed by atoms with van der Waals surface area (Å²) in [5.41, 5.74) is 0.0638. The molecule has 4 saturated carbocycles. The second-order valence-electron chi connectivity index (χ2n) is 11.4. The number of Topliss-reactive ketones (excluding diaryl/α,β-unsaturated/α-hetero) is 1. The number of hydrogen-bond donors (Lipinski definition) is 1. The molecule has 0 heterocycles. The van der Waals surface area contributed by atoms with Crippen molar-refractivity contribution in [2.75, 3.05) is 0 Å². The van der Waals surface area contributed by atoms with E-state index in [0.717, 1.165) is 38.5 Å². The summed E-state index contributed by atoms with van der Waals surface area (Å²) in [6.45, 7) is 7.46. The van der Waals surface area contributed by atoms with Gasteiger partial charge in [-0.2, -0.15) is 0 Å². The van der Waals surface area contributed by atoms with Crippen LogP contribution in [0.25, 0.3) is 0 Å². The zero-order valence-corrected chi connectivity index (χ0v) is 18.8. The first-order valence-electron chi connectivity index (χ1n) is 12.0. The molecule has 4 fully saturated rings. The van der Waals surface area contributed by atoms with Crippen molar-refractivity contribution in [3.8, 4) is 0 Å². The lowest BCUT2D eigenvalue weighted by Crippen LogP contribution is -2.58. The van der Waals surface area contributed by atoms with Crippen LogP contribution in [0, 0.1) is 46.3 Å². The smallest absolute Gasteiger partial charge is 0.303 e. The van der Waals surface area contributed by atoms with Gasteiger partial charge < -0.3 is 9.84 Å². The highest BCUT2D eigenvalue weighted by molar-refractivity contribution is 5.84. The number of carbonyl (C=O) groups excluding carboxylic acids is 2. The summed E-state index contributed by atoms with van der Waals surface area (Å²) in [5.74, 6) is 2.21. The molecule has 0 bridgehead atoms. The van der Waals surface area contributed by atoms with Gasteiger partial charge in [-0.1, -0.05) is 20.8 Å². The van der Waals surface area contributed by atoms with E-state index in [2.05, 4.69) is 20.8 Å². The second-order valence-corrected chi connectivity index (χ2v) is 11.4. The van der Waals surface area contributed by atoms with Gasteiger partial charge in [0.15, 0.2) is 0 Å². The Hall–Kier alpha value is -1.39. The Labute approximate surface area is 180 Å². The number of fused-ring (bicyclic) bond motifs is 5. The van der Waals surface area contributed by atoms with E-state index in [0.29, 0.717) is 54.7 Å². The molecule has 168 valence electrons. The number of hydrogen-bond acceptors (Lipinski definition) is 4. The number of aliphatic carboxylic acids is 1. The Balaban J connectivity index is 1.54. The maximum Gasteiger partial charge on any atom is 0.303 e. The SMILES string of the molecule is C[C@H](CCC(=O)O)[C@H]1CC[C@H]2[C@@H]3CC[C@@H]4C[C@H](OC=O)CC[C@]4(C)[C@H]3C(=O)C[C@]12C. The minimum absolute atomic E-state index is 0.0204. The van der Waals surface area contributed by atoms with E-state index in [1.54, 1.807) is 0 Å². The number of carboxylic acids is 1. The Kier molecular flexibility index (Phi) is 5.78. The van der Waals surface area contributed by atoms with Crippen molar-refractivity contribution < 1.29 is 24.2 Å². The normalized spacial score (nSPS) is 46.3. The van der Waals surface area contributed by atoms with E-state index in [4.69, 9.17) is 9.84 Å². The fourth-order valence-electron chi connectivity index (χ4n) is 8.76. The third-order valence-electron chi connectivity index (χ3n) is 10.1. The molecule has 0 radical (unpaired) electrons. The van der Waals surface area contributed by atoms with E-state index in [9.17, 15) is 14.4 Å². The Bertz CT molecular complexity index is 704. The summed E-state index contributed by atoms with van der Waals surface area (Å²) in [6.07, 6.45) is 8.94. The van der Waals surface area contributed by atoms with Gasteiger partial charge in [0.05, 0.1) is 0 Å². The first-order chi connectivity index (χ1) is 14.2. The highest BCUT2D eigenvalue weighted by atomic mass is 16.5. The molecule has 0 aromatic carbocycles. The molecule has 0 amide bonds. The molecule has 30 heavy (non-hydrogen) atoms. The fraction of sp³-hybridized carbons (Fsp3) is 0.880. The zero-order chi connectivity index (χ0) is 21.7. The fourth-order valence-corrected chi connectivity index (χ4v) is 8.76. The maximum atomic E-state index is 13.7. The number of ketones is 1. The molecule has 0 spiro atoms. The number of carbonyl (C=O) groups is 3. The Morgan fingerprint density at radius 1 is 1.20 bits per heavy atom. The van der Waals surface area contributed by atoms with Crippen LogP contribution in [0.3, 0.4) is 0 Å². The summed E-state index contributed by atoms with van der Waals surface area (Å²) in [7, 11) is 0. The van der Waals surface area contributed by atoms with E-state index in [1.807, 2.05) is 0 Å². The molecule has 4 aliphatic carbocycles. The standard InChI is InChI=1S/C25H38O5/c1-15(4-9-22(28)29)19-7-8-20-18-6-5-16-12-17(30-14-26)10-11-24(16,2)23(18)21(27)13-25(19,20)3/h14-20,23H,4-13H2,1-3H3,(H,28,29)/t15-,16-,17-,18+,19-,20+,23-,24+,25-/m1/s1. The van der Waals surface area contributed by atoms with E-state index >= 15 is 0 Å². The van der Waals surface area contributed by atoms with Crippen LogP contribution in [0.5, 0.6) is 0 Å². The van der Waals surface area contributed by atoms with Gasteiger partial charge in [0, 0.05) is 18.8 Å². The largest absolute Gasteiger partial charge is 0.481 e. The first-order valence-corrected chi connectivity index (χ1v) is 12.0. The molecular weight excluding hydrogens is 380 g/mol. The quantitative estimate of drug-likeness (QED) is 0.623. The molecule has 4 aliphatic rings. The lowest BCUT2D eigenvalue weighted by atomic mass is 9.44. The molecule has 0 unspecified atom stereocenters. The number of ether oxygens (including phenoxy) is 1. The van der Waals surface area contributed by atoms with E-state index in [1.165, 1.54) is 6.42 Å². The molecule has 4 rings (SSSR count). The van der Waals surface area contributed by atoms with Crippen molar-refractivity contribution in [3.05, 3.63) is 0 Å². The van der Waals surface area contributed by atoms with Crippen LogP contribution in [0.2, 0.25) is 0 Å². The molecule has 0 aliphatic heterocycles. The lowest BCUT2D eigenvalue weighted by molar-refractivity contribution is -0.166. The number of rotatable bonds is 6. The van der Waals surface area contributed by atoms with Crippen molar-refractivity contribution in [2.24, 2.45) is 46.3 Å². The van der Waals surface area contributed by atoms with Crippen LogP contribution in [0.15, 0.2) is 0 Å². The zero-order valence-electron chi connectivity index (χ0n) is 18.8. The van der Waals surface area contributed by atoms with Crippen molar-refractivity contribution in [2.45, 2.75) is 91.1 Å². The Morgan fingerprint density at radius 2 is 1.97 bits per heavy atom. The third kappa shape index (κ3) is 3.40. The average Bonchev–Trinajstić information content (AvgIpc) is 3.02. The van der Waals surface area contributed by atoms with Gasteiger partial charge in [-0.3, -0.25) is 14.4 Å².